The van der Waals surface area contributed by atoms with Gasteiger partial charge in [0.2, 0.25) is 5.91 Å². The molecule has 0 unspecified atom stereocenters. The molecule has 1 aliphatic heterocycles. The number of aliphatic hydroxyl groups is 1. The molecule has 0 bridgehead atoms. The summed E-state index contributed by atoms with van der Waals surface area (Å²) in [5.74, 6) is 0.977. The Labute approximate surface area is 181 Å². The molecule has 3 aromatic rings. The van der Waals surface area contributed by atoms with E-state index in [1.54, 1.807) is 6.33 Å². The summed E-state index contributed by atoms with van der Waals surface area (Å²) < 4.78 is 0. The molecule has 3 atom stereocenters. The van der Waals surface area contributed by atoms with Gasteiger partial charge in [-0.15, -0.1) is 0 Å². The Hall–Kier alpha value is -2.93. The van der Waals surface area contributed by atoms with Gasteiger partial charge in [0.25, 0.3) is 0 Å². The molecular weight excluding hydrogens is 390 g/mol. The SMILES string of the molecule is Cc1ccc([C@H](O)[C@H](C)NC(=O)[C@H]2CCN(c3ncnc4[nH]ccc34)CC23CC3)cc1. The first kappa shape index (κ1) is 20.0. The van der Waals surface area contributed by atoms with Crippen molar-refractivity contribution in [2.24, 2.45) is 11.3 Å². The van der Waals surface area contributed by atoms with E-state index in [2.05, 4.69) is 25.2 Å². The van der Waals surface area contributed by atoms with Crippen molar-refractivity contribution in [3.05, 3.63) is 54.0 Å². The number of aryl methyl sites for hydroxylation is 1. The Morgan fingerprint density at radius 3 is 2.77 bits per heavy atom. The van der Waals surface area contributed by atoms with Gasteiger partial charge in [0.1, 0.15) is 17.8 Å². The fourth-order valence-corrected chi connectivity index (χ4v) is 4.98. The molecule has 5 rings (SSSR count). The van der Waals surface area contributed by atoms with Crippen LogP contribution in [0.3, 0.4) is 0 Å². The van der Waals surface area contributed by atoms with Gasteiger partial charge < -0.3 is 20.3 Å². The van der Waals surface area contributed by atoms with Crippen LogP contribution in [0.5, 0.6) is 0 Å². The number of piperidine rings is 1. The van der Waals surface area contributed by atoms with Gasteiger partial charge in [0, 0.05) is 25.2 Å². The van der Waals surface area contributed by atoms with Crippen molar-refractivity contribution in [1.29, 1.82) is 0 Å². The van der Waals surface area contributed by atoms with E-state index in [9.17, 15) is 9.90 Å². The number of benzene rings is 1. The van der Waals surface area contributed by atoms with Crippen molar-refractivity contribution in [1.82, 2.24) is 20.3 Å². The van der Waals surface area contributed by atoms with Crippen molar-refractivity contribution in [3.63, 3.8) is 0 Å². The van der Waals surface area contributed by atoms with E-state index in [0.717, 1.165) is 60.3 Å². The molecule has 3 heterocycles. The van der Waals surface area contributed by atoms with Crippen LogP contribution < -0.4 is 10.2 Å². The topological polar surface area (TPSA) is 94.1 Å². The molecule has 1 amide bonds. The van der Waals surface area contributed by atoms with Gasteiger partial charge in [-0.25, -0.2) is 9.97 Å². The Balaban J connectivity index is 1.27. The van der Waals surface area contributed by atoms with Crippen molar-refractivity contribution in [2.75, 3.05) is 18.0 Å². The van der Waals surface area contributed by atoms with Crippen molar-refractivity contribution in [3.8, 4) is 0 Å². The Morgan fingerprint density at radius 2 is 2.03 bits per heavy atom. The van der Waals surface area contributed by atoms with Crippen LogP contribution in [-0.4, -0.2) is 45.1 Å². The van der Waals surface area contributed by atoms with E-state index in [4.69, 9.17) is 0 Å². The lowest BCUT2D eigenvalue weighted by molar-refractivity contribution is -0.129. The summed E-state index contributed by atoms with van der Waals surface area (Å²) in [4.78, 5) is 27.5. The maximum Gasteiger partial charge on any atom is 0.224 e. The lowest BCUT2D eigenvalue weighted by atomic mass is 9.81. The van der Waals surface area contributed by atoms with E-state index in [1.165, 1.54) is 0 Å². The second kappa shape index (κ2) is 7.64. The molecule has 162 valence electrons. The highest BCUT2D eigenvalue weighted by Gasteiger charge is 2.55. The molecule has 1 aliphatic carbocycles. The van der Waals surface area contributed by atoms with Gasteiger partial charge >= 0.3 is 0 Å². The molecule has 7 heteroatoms. The van der Waals surface area contributed by atoms with Crippen LogP contribution in [0.15, 0.2) is 42.9 Å². The molecule has 2 aliphatic rings. The van der Waals surface area contributed by atoms with E-state index in [1.807, 2.05) is 50.4 Å². The highest BCUT2D eigenvalue weighted by molar-refractivity contribution is 5.87. The number of carbonyl (C=O) groups excluding carboxylic acids is 1. The molecule has 7 nitrogen and oxygen atoms in total. The third kappa shape index (κ3) is 3.67. The molecule has 1 spiro atoms. The first-order chi connectivity index (χ1) is 15.0. The quantitative estimate of drug-likeness (QED) is 0.591. The number of aromatic nitrogens is 3. The molecular formula is C24H29N5O2. The molecule has 2 aromatic heterocycles. The van der Waals surface area contributed by atoms with E-state index < -0.39 is 6.10 Å². The zero-order chi connectivity index (χ0) is 21.6. The third-order valence-electron chi connectivity index (χ3n) is 7.04. The summed E-state index contributed by atoms with van der Waals surface area (Å²) in [5, 5.41) is 14.8. The fourth-order valence-electron chi connectivity index (χ4n) is 4.98. The maximum absolute atomic E-state index is 13.2. The van der Waals surface area contributed by atoms with Gasteiger partial charge in [-0.05, 0) is 50.2 Å². The zero-order valence-corrected chi connectivity index (χ0v) is 18.0. The number of anilines is 1. The van der Waals surface area contributed by atoms with Crippen molar-refractivity contribution in [2.45, 2.75) is 45.3 Å². The first-order valence-corrected chi connectivity index (χ1v) is 11.0. The zero-order valence-electron chi connectivity index (χ0n) is 18.0. The number of carbonyl (C=O) groups is 1. The van der Waals surface area contributed by atoms with Crippen molar-refractivity contribution >= 4 is 22.8 Å². The van der Waals surface area contributed by atoms with Crippen LogP contribution in [-0.2, 0) is 4.79 Å². The van der Waals surface area contributed by atoms with E-state index in [0.29, 0.717) is 0 Å². The number of fused-ring (bicyclic) bond motifs is 1. The molecule has 1 saturated carbocycles. The lowest BCUT2D eigenvalue weighted by Gasteiger charge is -2.39. The van der Waals surface area contributed by atoms with Crippen LogP contribution in [0.4, 0.5) is 5.82 Å². The number of nitrogens with one attached hydrogen (secondary N) is 2. The molecule has 1 aromatic carbocycles. The number of hydrogen-bond donors (Lipinski definition) is 3. The van der Waals surface area contributed by atoms with Gasteiger partial charge in [-0.3, -0.25) is 4.79 Å². The highest BCUT2D eigenvalue weighted by Crippen LogP contribution is 2.56. The lowest BCUT2D eigenvalue weighted by Crippen LogP contribution is -2.50. The number of nitrogens with zero attached hydrogens (tertiary/aromatic N) is 3. The maximum atomic E-state index is 13.2. The van der Waals surface area contributed by atoms with Crippen molar-refractivity contribution < 1.29 is 9.90 Å². The highest BCUT2D eigenvalue weighted by atomic mass is 16.3. The largest absolute Gasteiger partial charge is 0.386 e. The molecule has 3 N–H and O–H groups in total. The van der Waals surface area contributed by atoms with Crippen LogP contribution in [0.1, 0.15) is 43.4 Å². The average molecular weight is 420 g/mol. The minimum Gasteiger partial charge on any atom is -0.386 e. The first-order valence-electron chi connectivity index (χ1n) is 11.0. The van der Waals surface area contributed by atoms with Crippen LogP contribution in [0, 0.1) is 18.3 Å². The second-order valence-corrected chi connectivity index (χ2v) is 9.22. The average Bonchev–Trinajstić information content (AvgIpc) is 3.34. The minimum atomic E-state index is -0.720. The second-order valence-electron chi connectivity index (χ2n) is 9.22. The molecule has 31 heavy (non-hydrogen) atoms. The standard InChI is InChI=1S/C24H29N5O2/c1-15-3-5-17(6-4-15)20(30)16(2)28-23(31)19-8-12-29(13-24(19)9-10-24)22-18-7-11-25-21(18)26-14-27-22/h3-7,11,14,16,19-20,30H,8-10,12-13H2,1-2H3,(H,28,31)(H,25,26,27)/t16-,19+,20+/m0/s1. The monoisotopic (exact) mass is 419 g/mol. The summed E-state index contributed by atoms with van der Waals surface area (Å²) >= 11 is 0. The summed E-state index contributed by atoms with van der Waals surface area (Å²) in [5.41, 5.74) is 2.82. The Bertz CT molecular complexity index is 1090. The fraction of sp³-hybridized carbons (Fsp3) is 0.458. The molecule has 2 fully saturated rings. The predicted octanol–water partition coefficient (Wildman–Crippen LogP) is 3.11. The summed E-state index contributed by atoms with van der Waals surface area (Å²) in [6, 6.07) is 9.48. The third-order valence-corrected chi connectivity index (χ3v) is 7.04. The number of aromatic amines is 1. The van der Waals surface area contributed by atoms with Gasteiger partial charge in [-0.1, -0.05) is 29.8 Å². The number of H-pyrrole nitrogens is 1. The Morgan fingerprint density at radius 1 is 1.26 bits per heavy atom. The molecule has 1 saturated heterocycles. The van der Waals surface area contributed by atoms with Gasteiger partial charge in [0.15, 0.2) is 0 Å². The normalized spacial score (nSPS) is 21.8. The number of rotatable bonds is 5. The summed E-state index contributed by atoms with van der Waals surface area (Å²) in [6.07, 6.45) is 5.66. The van der Waals surface area contributed by atoms with Crippen LogP contribution >= 0.6 is 0 Å². The van der Waals surface area contributed by atoms with E-state index in [-0.39, 0.29) is 23.3 Å². The summed E-state index contributed by atoms with van der Waals surface area (Å²) in [7, 11) is 0. The molecule has 0 radical (unpaired) electrons. The number of amides is 1. The summed E-state index contributed by atoms with van der Waals surface area (Å²) in [6.45, 7) is 5.51. The number of hydrogen-bond acceptors (Lipinski definition) is 5. The van der Waals surface area contributed by atoms with Gasteiger partial charge in [0.05, 0.1) is 17.5 Å². The van der Waals surface area contributed by atoms with Gasteiger partial charge in [-0.2, -0.15) is 0 Å². The predicted molar refractivity (Wildman–Crippen MR) is 120 cm³/mol. The smallest absolute Gasteiger partial charge is 0.224 e. The minimum absolute atomic E-state index is 0.00441. The Kier molecular flexibility index (Phi) is 4.93. The van der Waals surface area contributed by atoms with Crippen LogP contribution in [0.2, 0.25) is 0 Å². The van der Waals surface area contributed by atoms with E-state index >= 15 is 0 Å². The van der Waals surface area contributed by atoms with Crippen LogP contribution in [0.25, 0.3) is 11.0 Å². The number of aliphatic hydroxyl groups excluding tert-OH is 1.